The van der Waals surface area contributed by atoms with Gasteiger partial charge in [0.25, 0.3) is 0 Å². The third-order valence-electron chi connectivity index (χ3n) is 2.71. The lowest BCUT2D eigenvalue weighted by Gasteiger charge is -2.10. The predicted molar refractivity (Wildman–Crippen MR) is 77.6 cm³/mol. The number of nitriles is 1. The smallest absolute Gasteiger partial charge is 0.175 e. The van der Waals surface area contributed by atoms with Gasteiger partial charge in [0, 0.05) is 5.92 Å². The van der Waals surface area contributed by atoms with Crippen LogP contribution in [0, 0.1) is 17.2 Å². The number of benzene rings is 1. The van der Waals surface area contributed by atoms with Crippen molar-refractivity contribution in [2.75, 3.05) is 13.7 Å². The molecule has 0 unspecified atom stereocenters. The molecule has 0 saturated heterocycles. The van der Waals surface area contributed by atoms with Gasteiger partial charge < -0.3 is 9.47 Å². The molecule has 0 aliphatic rings. The second-order valence-electron chi connectivity index (χ2n) is 4.53. The monoisotopic (exact) mass is 273 g/mol. The van der Waals surface area contributed by atoms with Gasteiger partial charge in [-0.05, 0) is 30.7 Å². The molecule has 0 aliphatic heterocycles. The van der Waals surface area contributed by atoms with E-state index in [2.05, 4.69) is 0 Å². The zero-order valence-corrected chi connectivity index (χ0v) is 12.3. The highest BCUT2D eigenvalue weighted by Crippen LogP contribution is 2.29. The molecule has 4 heteroatoms. The Morgan fingerprint density at radius 1 is 1.40 bits per heavy atom. The van der Waals surface area contributed by atoms with E-state index in [0.717, 1.165) is 5.56 Å². The zero-order valence-electron chi connectivity index (χ0n) is 12.3. The largest absolute Gasteiger partial charge is 0.493 e. The molecule has 0 fully saturated rings. The van der Waals surface area contributed by atoms with Crippen LogP contribution in [0.3, 0.4) is 0 Å². The highest BCUT2D eigenvalue weighted by molar-refractivity contribution is 6.04. The SMILES string of the molecule is CCOc1ccc(C=C(C#N)C(=O)C(C)C)cc1OC. The summed E-state index contributed by atoms with van der Waals surface area (Å²) < 4.78 is 10.7. The first-order valence-electron chi connectivity index (χ1n) is 6.50. The molecule has 0 N–H and O–H groups in total. The highest BCUT2D eigenvalue weighted by Gasteiger charge is 2.13. The fourth-order valence-electron chi connectivity index (χ4n) is 1.68. The Kier molecular flexibility index (Phi) is 5.79. The summed E-state index contributed by atoms with van der Waals surface area (Å²) in [4.78, 5) is 11.9. The molecule has 0 heterocycles. The summed E-state index contributed by atoms with van der Waals surface area (Å²) >= 11 is 0. The summed E-state index contributed by atoms with van der Waals surface area (Å²) in [7, 11) is 1.55. The molecule has 0 aliphatic carbocycles. The number of methoxy groups -OCH3 is 1. The van der Waals surface area contributed by atoms with Crippen LogP contribution >= 0.6 is 0 Å². The van der Waals surface area contributed by atoms with Gasteiger partial charge in [0.2, 0.25) is 0 Å². The normalized spacial score (nSPS) is 11.1. The number of ketones is 1. The van der Waals surface area contributed by atoms with Crippen molar-refractivity contribution in [3.05, 3.63) is 29.3 Å². The summed E-state index contributed by atoms with van der Waals surface area (Å²) in [6.45, 7) is 5.97. The lowest BCUT2D eigenvalue weighted by atomic mass is 10.00. The van der Waals surface area contributed by atoms with Gasteiger partial charge in [-0.3, -0.25) is 4.79 Å². The molecule has 0 radical (unpaired) electrons. The van der Waals surface area contributed by atoms with Crippen LogP contribution in [0.25, 0.3) is 6.08 Å². The van der Waals surface area contributed by atoms with Gasteiger partial charge >= 0.3 is 0 Å². The third kappa shape index (κ3) is 3.86. The standard InChI is InChI=1S/C16H19NO3/c1-5-20-14-7-6-12(9-15(14)19-4)8-13(10-17)16(18)11(2)3/h6-9,11H,5H2,1-4H3. The van der Waals surface area contributed by atoms with E-state index in [4.69, 9.17) is 14.7 Å². The minimum atomic E-state index is -0.203. The van der Waals surface area contributed by atoms with E-state index in [1.54, 1.807) is 45.2 Å². The van der Waals surface area contributed by atoms with Crippen molar-refractivity contribution in [3.8, 4) is 17.6 Å². The second-order valence-corrected chi connectivity index (χ2v) is 4.53. The maximum Gasteiger partial charge on any atom is 0.175 e. The number of hydrogen-bond donors (Lipinski definition) is 0. The van der Waals surface area contributed by atoms with Crippen LogP contribution in [-0.2, 0) is 4.79 Å². The Bertz CT molecular complexity index is 553. The molecular formula is C16H19NO3. The van der Waals surface area contributed by atoms with E-state index in [-0.39, 0.29) is 17.3 Å². The van der Waals surface area contributed by atoms with Gasteiger partial charge in [-0.25, -0.2) is 0 Å². The Balaban J connectivity index is 3.14. The molecule has 0 saturated carbocycles. The van der Waals surface area contributed by atoms with E-state index in [9.17, 15) is 4.79 Å². The molecule has 4 nitrogen and oxygen atoms in total. The van der Waals surface area contributed by atoms with Crippen LogP contribution in [0.4, 0.5) is 0 Å². The van der Waals surface area contributed by atoms with E-state index in [0.29, 0.717) is 18.1 Å². The average molecular weight is 273 g/mol. The lowest BCUT2D eigenvalue weighted by molar-refractivity contribution is -0.117. The van der Waals surface area contributed by atoms with Crippen molar-refractivity contribution in [1.29, 1.82) is 5.26 Å². The molecule has 106 valence electrons. The third-order valence-corrected chi connectivity index (χ3v) is 2.71. The number of hydrogen-bond acceptors (Lipinski definition) is 4. The summed E-state index contributed by atoms with van der Waals surface area (Å²) in [5, 5.41) is 9.08. The zero-order chi connectivity index (χ0) is 15.1. The van der Waals surface area contributed by atoms with Gasteiger partial charge in [0.1, 0.15) is 6.07 Å². The molecule has 0 atom stereocenters. The maximum absolute atomic E-state index is 11.9. The van der Waals surface area contributed by atoms with E-state index < -0.39 is 0 Å². The lowest BCUT2D eigenvalue weighted by Crippen LogP contribution is -2.08. The summed E-state index contributed by atoms with van der Waals surface area (Å²) in [6.07, 6.45) is 1.57. The first-order chi connectivity index (χ1) is 9.53. The molecule has 20 heavy (non-hydrogen) atoms. The van der Waals surface area contributed by atoms with Gasteiger partial charge in [-0.2, -0.15) is 5.26 Å². The first kappa shape index (κ1) is 15.8. The number of nitrogens with zero attached hydrogens (tertiary/aromatic N) is 1. The van der Waals surface area contributed by atoms with Crippen LogP contribution in [0.2, 0.25) is 0 Å². The van der Waals surface area contributed by atoms with Gasteiger partial charge in [0.15, 0.2) is 17.3 Å². The number of allylic oxidation sites excluding steroid dienone is 1. The number of Topliss-reactive ketones (excluding diaryl/α,β-unsaturated/α-hetero) is 1. The molecule has 0 aromatic heterocycles. The highest BCUT2D eigenvalue weighted by atomic mass is 16.5. The summed E-state index contributed by atoms with van der Waals surface area (Å²) in [5.41, 5.74) is 0.877. The van der Waals surface area contributed by atoms with Crippen LogP contribution in [0.5, 0.6) is 11.5 Å². The minimum absolute atomic E-state index is 0.145. The van der Waals surface area contributed by atoms with Crippen molar-refractivity contribution >= 4 is 11.9 Å². The number of rotatable bonds is 6. The van der Waals surface area contributed by atoms with E-state index >= 15 is 0 Å². The molecule has 0 spiro atoms. The van der Waals surface area contributed by atoms with Crippen LogP contribution in [0.15, 0.2) is 23.8 Å². The van der Waals surface area contributed by atoms with Crippen LogP contribution < -0.4 is 9.47 Å². The summed E-state index contributed by atoms with van der Waals surface area (Å²) in [6, 6.07) is 7.25. The quantitative estimate of drug-likeness (QED) is 0.589. The molecule has 1 rings (SSSR count). The van der Waals surface area contributed by atoms with Crippen molar-refractivity contribution in [2.45, 2.75) is 20.8 Å². The predicted octanol–water partition coefficient (Wildman–Crippen LogP) is 3.23. The second kappa shape index (κ2) is 7.34. The molecular weight excluding hydrogens is 254 g/mol. The fraction of sp³-hybridized carbons (Fsp3) is 0.375. The van der Waals surface area contributed by atoms with Crippen molar-refractivity contribution in [3.63, 3.8) is 0 Å². The maximum atomic E-state index is 11.9. The van der Waals surface area contributed by atoms with Crippen molar-refractivity contribution in [1.82, 2.24) is 0 Å². The Labute approximate surface area is 119 Å². The summed E-state index contributed by atoms with van der Waals surface area (Å²) in [5.74, 6) is 0.849. The minimum Gasteiger partial charge on any atom is -0.493 e. The molecule has 0 amide bonds. The Morgan fingerprint density at radius 3 is 2.60 bits per heavy atom. The van der Waals surface area contributed by atoms with Gasteiger partial charge in [-0.15, -0.1) is 0 Å². The van der Waals surface area contributed by atoms with Gasteiger partial charge in [0.05, 0.1) is 19.3 Å². The molecule has 1 aromatic rings. The number of carbonyl (C=O) groups is 1. The van der Waals surface area contributed by atoms with E-state index in [1.165, 1.54) is 0 Å². The number of ether oxygens (including phenoxy) is 2. The average Bonchev–Trinajstić information content (AvgIpc) is 2.45. The molecule has 1 aromatic carbocycles. The number of carbonyl (C=O) groups excluding carboxylic acids is 1. The topological polar surface area (TPSA) is 59.3 Å². The Hall–Kier alpha value is -2.28. The van der Waals surface area contributed by atoms with Crippen molar-refractivity contribution in [2.24, 2.45) is 5.92 Å². The molecule has 0 bridgehead atoms. The Morgan fingerprint density at radius 2 is 2.10 bits per heavy atom. The fourth-order valence-corrected chi connectivity index (χ4v) is 1.68. The van der Waals surface area contributed by atoms with Gasteiger partial charge in [-0.1, -0.05) is 19.9 Å². The van der Waals surface area contributed by atoms with Crippen LogP contribution in [0.1, 0.15) is 26.3 Å². The van der Waals surface area contributed by atoms with Crippen molar-refractivity contribution < 1.29 is 14.3 Å². The first-order valence-corrected chi connectivity index (χ1v) is 6.50. The van der Waals surface area contributed by atoms with Crippen LogP contribution in [-0.4, -0.2) is 19.5 Å². The van der Waals surface area contributed by atoms with E-state index in [1.807, 2.05) is 13.0 Å².